The van der Waals surface area contributed by atoms with Gasteiger partial charge < -0.3 is 13.7 Å². The van der Waals surface area contributed by atoms with Crippen LogP contribution in [0.3, 0.4) is 0 Å². The van der Waals surface area contributed by atoms with Crippen molar-refractivity contribution < 1.29 is 78.4 Å². The number of nitriles is 1. The van der Waals surface area contributed by atoms with E-state index in [1.807, 2.05) is 24.8 Å². The van der Waals surface area contributed by atoms with Crippen molar-refractivity contribution in [1.29, 1.82) is 5.26 Å². The van der Waals surface area contributed by atoms with Crippen LogP contribution in [0.25, 0.3) is 22.8 Å². The minimum absolute atomic E-state index is 0. The maximum absolute atomic E-state index is 10.7. The van der Waals surface area contributed by atoms with Crippen molar-refractivity contribution in [2.75, 3.05) is 0 Å². The van der Waals surface area contributed by atoms with Crippen molar-refractivity contribution >= 4 is 54.8 Å². The second-order valence-electron chi connectivity index (χ2n) is 17.6. The molecule has 4 rings (SSSR count). The third-order valence-electron chi connectivity index (χ3n) is 7.88. The molecule has 0 saturated heterocycles. The molecule has 0 spiro atoms. The van der Waals surface area contributed by atoms with Crippen LogP contribution in [0.2, 0.25) is 0 Å². The quantitative estimate of drug-likeness (QED) is 0.0785. The van der Waals surface area contributed by atoms with Crippen LogP contribution in [0.1, 0.15) is 112 Å². The van der Waals surface area contributed by atoms with E-state index in [9.17, 15) is 39.5 Å². The Balaban J connectivity index is -0.000000816. The predicted molar refractivity (Wildman–Crippen MR) is 234 cm³/mol. The minimum atomic E-state index is -6.09. The standard InChI is InChI=1S/2C18H24N2.C2H3N.3CHF3O3S.Sb/c2*1-17(2,3)13-7-9-19-15(11-13)16-12-14(8-10-20-16)18(4,5)6;1-2-3;3*2-1(3,4)8(5,6)7;/h2*7-12H,1-6H3;1H3;3*(H,5,6,7);/q;;;;;;+3/p-3. The first kappa shape index (κ1) is 68.3. The van der Waals surface area contributed by atoms with E-state index in [0.717, 1.165) is 22.8 Å². The topological polar surface area (TPSA) is 247 Å². The van der Waals surface area contributed by atoms with Gasteiger partial charge in [-0.1, -0.05) is 83.1 Å². The largest absolute Gasteiger partial charge is 3.00 e. The number of pyridine rings is 4. The van der Waals surface area contributed by atoms with Crippen LogP contribution in [-0.2, 0) is 52.0 Å². The molecular formula is C41H51F9N5O9S3Sb. The summed E-state index contributed by atoms with van der Waals surface area (Å²) in [5.41, 5.74) is -7.52. The zero-order valence-corrected chi connectivity index (χ0v) is 43.9. The summed E-state index contributed by atoms with van der Waals surface area (Å²) in [6.07, 6.45) is 7.51. The van der Waals surface area contributed by atoms with Crippen molar-refractivity contribution in [3.05, 3.63) is 95.6 Å². The molecular weight excluding hydrogens is 1100 g/mol. The molecule has 0 aliphatic heterocycles. The van der Waals surface area contributed by atoms with Gasteiger partial charge in [0.1, 0.15) is 0 Å². The van der Waals surface area contributed by atoms with Gasteiger partial charge in [0.05, 0.1) is 28.8 Å². The number of hydrogen-bond acceptors (Lipinski definition) is 14. The summed E-state index contributed by atoms with van der Waals surface area (Å²) in [5.74, 6) is 0. The molecule has 68 heavy (non-hydrogen) atoms. The summed E-state index contributed by atoms with van der Waals surface area (Å²) in [4.78, 5) is 17.9. The van der Waals surface area contributed by atoms with Gasteiger partial charge in [0.2, 0.25) is 0 Å². The van der Waals surface area contributed by atoms with Gasteiger partial charge in [-0.05, 0) is 92.4 Å². The number of aromatic nitrogens is 4. The number of halogens is 9. The Hall–Kier alpha value is -3.99. The summed E-state index contributed by atoms with van der Waals surface area (Å²) in [6, 6.07) is 18.7. The van der Waals surface area contributed by atoms with Crippen molar-refractivity contribution in [2.24, 2.45) is 0 Å². The Kier molecular flexibility index (Phi) is 25.8. The molecule has 4 heterocycles. The normalized spacial score (nSPS) is 12.4. The Morgan fingerprint density at radius 3 is 0.618 bits per heavy atom. The molecule has 2 radical (unpaired) electrons. The Morgan fingerprint density at radius 2 is 0.529 bits per heavy atom. The fraction of sp³-hybridized carbons (Fsp3) is 0.488. The predicted octanol–water partition coefficient (Wildman–Crippen LogP) is 9.78. The Bertz CT molecular complexity index is 2280. The van der Waals surface area contributed by atoms with Crippen LogP contribution in [0, 0.1) is 11.3 Å². The van der Waals surface area contributed by atoms with Crippen LogP contribution in [0.5, 0.6) is 0 Å². The molecule has 0 amide bonds. The Morgan fingerprint density at radius 1 is 0.412 bits per heavy atom. The van der Waals surface area contributed by atoms with E-state index in [1.54, 1.807) is 6.07 Å². The van der Waals surface area contributed by atoms with Crippen molar-refractivity contribution in [2.45, 2.75) is 128 Å². The van der Waals surface area contributed by atoms with Gasteiger partial charge in [-0.2, -0.15) is 44.8 Å². The van der Waals surface area contributed by atoms with E-state index in [4.69, 9.17) is 44.2 Å². The maximum Gasteiger partial charge on any atom is 3.00 e. The summed E-state index contributed by atoms with van der Waals surface area (Å²) in [7, 11) is -18.3. The summed E-state index contributed by atoms with van der Waals surface area (Å²) in [6.45, 7) is 28.0. The number of nitrogens with zero attached hydrogens (tertiary/aromatic N) is 5. The molecule has 27 heteroatoms. The summed E-state index contributed by atoms with van der Waals surface area (Å²) in [5, 5.41) is 7.32. The summed E-state index contributed by atoms with van der Waals surface area (Å²) >= 11 is 0. The van der Waals surface area contributed by atoms with Crippen LogP contribution in [-0.4, -0.2) is 99.8 Å². The van der Waals surface area contributed by atoms with Gasteiger partial charge in [0, 0.05) is 31.7 Å². The van der Waals surface area contributed by atoms with Gasteiger partial charge in [-0.25, -0.2) is 25.3 Å². The molecule has 0 N–H and O–H groups in total. The van der Waals surface area contributed by atoms with Gasteiger partial charge in [0.15, 0.2) is 30.4 Å². The molecule has 0 aliphatic carbocycles. The number of rotatable bonds is 2. The van der Waals surface area contributed by atoms with E-state index in [-0.39, 0.29) is 46.1 Å². The van der Waals surface area contributed by atoms with Gasteiger partial charge in [-0.3, -0.25) is 19.9 Å². The number of hydrogen-bond donors (Lipinski definition) is 0. The molecule has 4 aromatic heterocycles. The van der Waals surface area contributed by atoms with Crippen LogP contribution < -0.4 is 0 Å². The zero-order chi connectivity index (χ0) is 53.6. The molecule has 0 unspecified atom stereocenters. The molecule has 0 fully saturated rings. The van der Waals surface area contributed by atoms with E-state index in [2.05, 4.69) is 152 Å². The monoisotopic (exact) mass is 1150 g/mol. The smallest absolute Gasteiger partial charge is 0.741 e. The van der Waals surface area contributed by atoms with E-state index < -0.39 is 46.9 Å². The maximum atomic E-state index is 10.7. The average molecular weight is 1150 g/mol. The molecule has 0 bridgehead atoms. The molecule has 14 nitrogen and oxygen atoms in total. The van der Waals surface area contributed by atoms with Crippen LogP contribution in [0.4, 0.5) is 39.5 Å². The van der Waals surface area contributed by atoms with Gasteiger partial charge in [0.25, 0.3) is 0 Å². The molecule has 0 saturated carbocycles. The van der Waals surface area contributed by atoms with Gasteiger partial charge in [-0.15, -0.1) is 0 Å². The average Bonchev–Trinajstić information content (AvgIpc) is 3.13. The fourth-order valence-corrected chi connectivity index (χ4v) is 4.15. The van der Waals surface area contributed by atoms with Crippen LogP contribution in [0.15, 0.2) is 73.3 Å². The van der Waals surface area contributed by atoms with Gasteiger partial charge >= 0.3 is 41.0 Å². The second-order valence-corrected chi connectivity index (χ2v) is 21.8. The van der Waals surface area contributed by atoms with E-state index in [1.165, 1.54) is 29.2 Å². The first-order chi connectivity index (χ1) is 29.5. The fourth-order valence-electron chi connectivity index (χ4n) is 4.15. The molecule has 4 aromatic rings. The van der Waals surface area contributed by atoms with E-state index in [0.29, 0.717) is 0 Å². The van der Waals surface area contributed by atoms with Crippen molar-refractivity contribution in [3.63, 3.8) is 0 Å². The zero-order valence-electron chi connectivity index (χ0n) is 38.9. The molecule has 0 aromatic carbocycles. The third kappa shape index (κ3) is 25.6. The molecule has 380 valence electrons. The van der Waals surface area contributed by atoms with E-state index >= 15 is 0 Å². The third-order valence-corrected chi connectivity index (χ3v) is 9.58. The summed E-state index contributed by atoms with van der Waals surface area (Å²) < 4.78 is 177. The minimum Gasteiger partial charge on any atom is -0.741 e. The van der Waals surface area contributed by atoms with Crippen LogP contribution >= 0.6 is 0 Å². The molecule has 0 aliphatic rings. The first-order valence-electron chi connectivity index (χ1n) is 18.8. The number of alkyl halides is 9. The van der Waals surface area contributed by atoms with Crippen molar-refractivity contribution in [3.8, 4) is 28.8 Å². The second kappa shape index (κ2) is 25.7. The molecule has 0 atom stereocenters. The van der Waals surface area contributed by atoms with Crippen molar-refractivity contribution in [1.82, 2.24) is 19.9 Å². The Labute approximate surface area is 409 Å². The SMILES string of the molecule is CC#N.CC(C)(C)c1ccnc(-c2cc(C(C)(C)C)ccn2)c1.CC(C)(C)c1ccnc(-c2cc(C(C)(C)C)ccn2)c1.O=S(=O)([O-])C(F)(F)F.O=S(=O)([O-])C(F)(F)F.O=S(=O)([O-])C(F)(F)F.[Sb+3]. The first-order valence-corrected chi connectivity index (χ1v) is 23.0.